The Hall–Kier alpha value is -2.89. The van der Waals surface area contributed by atoms with E-state index in [1.54, 1.807) is 4.90 Å². The minimum absolute atomic E-state index is 0.0728. The first-order chi connectivity index (χ1) is 28.8. The van der Waals surface area contributed by atoms with Crippen molar-refractivity contribution < 1.29 is 19.2 Å². The predicted octanol–water partition coefficient (Wildman–Crippen LogP) is 8.55. The molecular formula is C47H94N8O4. The fourth-order valence-corrected chi connectivity index (χ4v) is 7.23. The first kappa shape index (κ1) is 56.1. The van der Waals surface area contributed by atoms with Gasteiger partial charge in [-0.15, -0.1) is 0 Å². The molecule has 0 atom stereocenters. The summed E-state index contributed by atoms with van der Waals surface area (Å²) in [7, 11) is 0. The van der Waals surface area contributed by atoms with Crippen LogP contribution in [0.4, 0.5) is 0 Å². The first-order valence-corrected chi connectivity index (χ1v) is 24.6. The second-order valence-electron chi connectivity index (χ2n) is 16.7. The minimum Gasteiger partial charge on any atom is -0.370 e. The van der Waals surface area contributed by atoms with Crippen molar-refractivity contribution in [1.29, 1.82) is 0 Å². The van der Waals surface area contributed by atoms with Crippen molar-refractivity contribution >= 4 is 29.6 Å². The van der Waals surface area contributed by atoms with Gasteiger partial charge < -0.3 is 37.6 Å². The van der Waals surface area contributed by atoms with E-state index >= 15 is 0 Å². The van der Waals surface area contributed by atoms with Crippen molar-refractivity contribution in [3.8, 4) is 0 Å². The van der Waals surface area contributed by atoms with Crippen molar-refractivity contribution in [2.24, 2.45) is 16.5 Å². The van der Waals surface area contributed by atoms with Crippen molar-refractivity contribution in [2.45, 2.75) is 219 Å². The summed E-state index contributed by atoms with van der Waals surface area (Å²) in [5.41, 5.74) is 10.7. The van der Waals surface area contributed by atoms with Crippen LogP contribution in [0.15, 0.2) is 4.99 Å². The highest BCUT2D eigenvalue weighted by Crippen LogP contribution is 2.14. The molecule has 0 fully saturated rings. The van der Waals surface area contributed by atoms with Crippen molar-refractivity contribution in [1.82, 2.24) is 26.2 Å². The first-order valence-electron chi connectivity index (χ1n) is 24.6. The molecule has 0 spiro atoms. The maximum absolute atomic E-state index is 13.3. The number of hydrogen-bond acceptors (Lipinski definition) is 6. The average molecular weight is 835 g/mol. The number of aliphatic imine (C=N–C) groups is 1. The van der Waals surface area contributed by atoms with Gasteiger partial charge in [-0.1, -0.05) is 155 Å². The number of guanidine groups is 1. The van der Waals surface area contributed by atoms with E-state index in [-0.39, 0.29) is 42.4 Å². The molecule has 4 amide bonds. The van der Waals surface area contributed by atoms with Gasteiger partial charge in [0.25, 0.3) is 0 Å². The lowest BCUT2D eigenvalue weighted by Gasteiger charge is -2.23. The summed E-state index contributed by atoms with van der Waals surface area (Å²) in [6.45, 7) is 9.22. The van der Waals surface area contributed by atoms with Crippen LogP contribution in [0.1, 0.15) is 219 Å². The van der Waals surface area contributed by atoms with Crippen LogP contribution in [0, 0.1) is 0 Å². The molecule has 0 saturated carbocycles. The highest BCUT2D eigenvalue weighted by atomic mass is 16.2. The zero-order valence-corrected chi connectivity index (χ0v) is 38.5. The summed E-state index contributed by atoms with van der Waals surface area (Å²) >= 11 is 0. The number of nitrogens with zero attached hydrogens (tertiary/aromatic N) is 2. The zero-order valence-electron chi connectivity index (χ0n) is 38.5. The highest BCUT2D eigenvalue weighted by molar-refractivity contribution is 5.83. The average Bonchev–Trinajstić information content (AvgIpc) is 3.22. The molecule has 0 radical (unpaired) electrons. The third-order valence-electron chi connectivity index (χ3n) is 10.9. The number of hydrogen-bond donors (Lipinski definition) is 6. The number of amides is 4. The molecule has 0 unspecified atom stereocenters. The minimum atomic E-state index is -0.138. The Labute approximate surface area is 362 Å². The fraction of sp³-hybridized carbons (Fsp3) is 0.894. The normalized spacial score (nSPS) is 11.0. The summed E-state index contributed by atoms with van der Waals surface area (Å²) in [6.07, 6.45) is 34.7. The third kappa shape index (κ3) is 43.0. The van der Waals surface area contributed by atoms with Gasteiger partial charge in [0, 0.05) is 65.0 Å². The molecular weight excluding hydrogens is 741 g/mol. The van der Waals surface area contributed by atoms with Gasteiger partial charge in [0.05, 0.1) is 0 Å². The molecule has 12 nitrogen and oxygen atoms in total. The Bertz CT molecular complexity index is 976. The molecule has 8 N–H and O–H groups in total. The molecule has 0 bridgehead atoms. The standard InChI is InChI=1S/C47H94N8O4/c1-3-5-7-9-11-13-15-17-19-21-23-25-31-43(56)52-39-29-41-55(46(59)34-33-45(58)51-37-27-35-50-36-28-38-54-47(48)49)42-30-40-53-44(57)32-26-24-22-20-18-16-14-12-10-8-6-4-2/h50H,3-42H2,1-2H3,(H,51,58)(H,52,56)(H,53,57)(H4,48,49,54). The topological polar surface area (TPSA) is 184 Å². The van der Waals surface area contributed by atoms with E-state index in [1.807, 2.05) is 0 Å². The summed E-state index contributed by atoms with van der Waals surface area (Å²) < 4.78 is 0. The molecule has 346 valence electrons. The monoisotopic (exact) mass is 835 g/mol. The van der Waals surface area contributed by atoms with Gasteiger partial charge in [0.1, 0.15) is 0 Å². The lowest BCUT2D eigenvalue weighted by Crippen LogP contribution is -2.37. The van der Waals surface area contributed by atoms with Gasteiger partial charge in [0.15, 0.2) is 5.96 Å². The van der Waals surface area contributed by atoms with Gasteiger partial charge >= 0.3 is 0 Å². The van der Waals surface area contributed by atoms with E-state index in [2.05, 4.69) is 40.1 Å². The molecule has 0 aliphatic carbocycles. The second-order valence-corrected chi connectivity index (χ2v) is 16.7. The summed E-state index contributed by atoms with van der Waals surface area (Å²) in [5.74, 6) is 0.0313. The molecule has 0 aromatic carbocycles. The van der Waals surface area contributed by atoms with E-state index in [0.29, 0.717) is 65.0 Å². The van der Waals surface area contributed by atoms with Crippen LogP contribution >= 0.6 is 0 Å². The maximum Gasteiger partial charge on any atom is 0.223 e. The largest absolute Gasteiger partial charge is 0.370 e. The molecule has 0 rings (SSSR count). The Morgan fingerprint density at radius 3 is 1.17 bits per heavy atom. The molecule has 0 saturated heterocycles. The zero-order chi connectivity index (χ0) is 43.3. The number of unbranched alkanes of at least 4 members (excludes halogenated alkanes) is 22. The molecule has 0 aliphatic heterocycles. The Kier molecular flexibility index (Phi) is 42.5. The number of carbonyl (C=O) groups is 4. The van der Waals surface area contributed by atoms with E-state index in [9.17, 15) is 19.2 Å². The Balaban J connectivity index is 4.41. The molecule has 0 aromatic heterocycles. The van der Waals surface area contributed by atoms with Crippen LogP contribution in [0.25, 0.3) is 0 Å². The molecule has 12 heteroatoms. The Morgan fingerprint density at radius 1 is 0.407 bits per heavy atom. The maximum atomic E-state index is 13.3. The van der Waals surface area contributed by atoms with Crippen molar-refractivity contribution in [2.75, 3.05) is 52.4 Å². The van der Waals surface area contributed by atoms with Gasteiger partial charge in [-0.3, -0.25) is 24.2 Å². The van der Waals surface area contributed by atoms with E-state index in [1.165, 1.54) is 128 Å². The summed E-state index contributed by atoms with van der Waals surface area (Å²) in [4.78, 5) is 56.4. The number of rotatable bonds is 45. The molecule has 0 aliphatic rings. The molecule has 59 heavy (non-hydrogen) atoms. The van der Waals surface area contributed by atoms with Crippen molar-refractivity contribution in [3.05, 3.63) is 0 Å². The third-order valence-corrected chi connectivity index (χ3v) is 10.9. The van der Waals surface area contributed by atoms with Crippen LogP contribution in [0.3, 0.4) is 0 Å². The van der Waals surface area contributed by atoms with Crippen molar-refractivity contribution in [3.63, 3.8) is 0 Å². The van der Waals surface area contributed by atoms with Gasteiger partial charge in [0.2, 0.25) is 23.6 Å². The van der Waals surface area contributed by atoms with Gasteiger partial charge in [-0.05, 0) is 51.6 Å². The van der Waals surface area contributed by atoms with Crippen LogP contribution < -0.4 is 32.7 Å². The Morgan fingerprint density at radius 2 is 0.763 bits per heavy atom. The SMILES string of the molecule is CCCCCCCCCCCCCCC(=O)NCCCN(CCCNC(=O)CCCCCCCCCCCCCC)C(=O)CCC(=O)NCCCNCCCN=C(N)N. The lowest BCUT2D eigenvalue weighted by molar-refractivity contribution is -0.133. The fourth-order valence-electron chi connectivity index (χ4n) is 7.23. The second kappa shape index (κ2) is 44.7. The summed E-state index contributed by atoms with van der Waals surface area (Å²) in [6, 6.07) is 0. The van der Waals surface area contributed by atoms with Gasteiger partial charge in [-0.2, -0.15) is 0 Å². The molecule has 0 aromatic rings. The van der Waals surface area contributed by atoms with Crippen LogP contribution in [-0.4, -0.2) is 86.8 Å². The molecule has 0 heterocycles. The van der Waals surface area contributed by atoms with Gasteiger partial charge in [-0.25, -0.2) is 0 Å². The van der Waals surface area contributed by atoms with Crippen LogP contribution in [0.5, 0.6) is 0 Å². The van der Waals surface area contributed by atoms with Crippen LogP contribution in [0.2, 0.25) is 0 Å². The summed E-state index contributed by atoms with van der Waals surface area (Å²) in [5, 5.41) is 12.3. The van der Waals surface area contributed by atoms with Crippen LogP contribution in [-0.2, 0) is 19.2 Å². The predicted molar refractivity (Wildman–Crippen MR) is 248 cm³/mol. The van der Waals surface area contributed by atoms with E-state index < -0.39 is 0 Å². The number of nitrogens with one attached hydrogen (secondary N) is 4. The number of carbonyl (C=O) groups excluding carboxylic acids is 4. The quantitative estimate of drug-likeness (QED) is 0.0202. The lowest BCUT2D eigenvalue weighted by atomic mass is 10.0. The number of nitrogens with two attached hydrogens (primary N) is 2. The van der Waals surface area contributed by atoms with E-state index in [4.69, 9.17) is 11.5 Å². The van der Waals surface area contributed by atoms with E-state index in [0.717, 1.165) is 51.6 Å². The highest BCUT2D eigenvalue weighted by Gasteiger charge is 2.15. The smallest absolute Gasteiger partial charge is 0.223 e.